The van der Waals surface area contributed by atoms with Crippen molar-refractivity contribution in [1.82, 2.24) is 15.1 Å². The van der Waals surface area contributed by atoms with Crippen LogP contribution in [0.4, 0.5) is 0 Å². The molecule has 5 nitrogen and oxygen atoms in total. The molecule has 2 aliphatic rings. The van der Waals surface area contributed by atoms with Crippen LogP contribution in [0.2, 0.25) is 5.02 Å². The number of nitrogens with one attached hydrogen (secondary N) is 1. The van der Waals surface area contributed by atoms with Gasteiger partial charge in [-0.3, -0.25) is 14.5 Å². The van der Waals surface area contributed by atoms with Gasteiger partial charge in [0.2, 0.25) is 5.91 Å². The van der Waals surface area contributed by atoms with Crippen LogP contribution >= 0.6 is 11.6 Å². The van der Waals surface area contributed by atoms with Crippen LogP contribution in [0.3, 0.4) is 0 Å². The van der Waals surface area contributed by atoms with Crippen LogP contribution in [-0.2, 0) is 4.79 Å². The summed E-state index contributed by atoms with van der Waals surface area (Å²) in [6.45, 7) is 5.84. The van der Waals surface area contributed by atoms with Gasteiger partial charge in [0.05, 0.1) is 10.6 Å². The highest BCUT2D eigenvalue weighted by atomic mass is 35.5. The minimum Gasteiger partial charge on any atom is -0.356 e. The number of hydrogen-bond acceptors (Lipinski definition) is 3. The van der Waals surface area contributed by atoms with Crippen molar-refractivity contribution in [3.8, 4) is 0 Å². The topological polar surface area (TPSA) is 52.7 Å². The first-order chi connectivity index (χ1) is 11.5. The zero-order chi connectivity index (χ0) is 17.1. The van der Waals surface area contributed by atoms with Gasteiger partial charge in [0.15, 0.2) is 0 Å². The van der Waals surface area contributed by atoms with Crippen LogP contribution in [0.5, 0.6) is 0 Å². The molecule has 1 N–H and O–H groups in total. The number of carbonyl (C=O) groups excluding carboxylic acids is 2. The molecule has 2 amide bonds. The van der Waals surface area contributed by atoms with E-state index >= 15 is 0 Å². The third kappa shape index (κ3) is 3.90. The molecule has 2 aliphatic heterocycles. The SMILES string of the molecule is Cc1ccc(C(=O)N2CCN([C@@H]3CCNC(=O)CC3)CC2)c(Cl)c1. The van der Waals surface area contributed by atoms with Crippen LogP contribution in [-0.4, -0.2) is 60.4 Å². The summed E-state index contributed by atoms with van der Waals surface area (Å²) in [5, 5.41) is 3.45. The average Bonchev–Trinajstić information content (AvgIpc) is 2.79. The van der Waals surface area contributed by atoms with Crippen molar-refractivity contribution >= 4 is 23.4 Å². The molecular formula is C18H24ClN3O2. The molecule has 2 heterocycles. The fourth-order valence-corrected chi connectivity index (χ4v) is 3.84. The normalized spacial score (nSPS) is 22.8. The molecule has 1 atom stereocenters. The molecule has 0 saturated carbocycles. The number of rotatable bonds is 2. The van der Waals surface area contributed by atoms with Gasteiger partial charge in [0, 0.05) is 45.2 Å². The van der Waals surface area contributed by atoms with E-state index in [1.165, 1.54) is 0 Å². The Balaban J connectivity index is 1.58. The number of nitrogens with zero attached hydrogens (tertiary/aromatic N) is 2. The zero-order valence-electron chi connectivity index (χ0n) is 14.1. The molecule has 24 heavy (non-hydrogen) atoms. The van der Waals surface area contributed by atoms with E-state index in [1.807, 2.05) is 30.0 Å². The summed E-state index contributed by atoms with van der Waals surface area (Å²) in [6, 6.07) is 6.00. The van der Waals surface area contributed by atoms with Crippen molar-refractivity contribution in [2.24, 2.45) is 0 Å². The van der Waals surface area contributed by atoms with Crippen molar-refractivity contribution < 1.29 is 9.59 Å². The predicted molar refractivity (Wildman–Crippen MR) is 94.3 cm³/mol. The van der Waals surface area contributed by atoms with Crippen molar-refractivity contribution in [2.75, 3.05) is 32.7 Å². The zero-order valence-corrected chi connectivity index (χ0v) is 14.8. The van der Waals surface area contributed by atoms with E-state index in [0.717, 1.165) is 38.0 Å². The monoisotopic (exact) mass is 349 g/mol. The van der Waals surface area contributed by atoms with Gasteiger partial charge in [-0.05, 0) is 37.5 Å². The first-order valence-electron chi connectivity index (χ1n) is 8.61. The molecule has 2 saturated heterocycles. The highest BCUT2D eigenvalue weighted by Crippen LogP contribution is 2.21. The van der Waals surface area contributed by atoms with Crippen molar-refractivity contribution in [2.45, 2.75) is 32.2 Å². The average molecular weight is 350 g/mol. The fourth-order valence-electron chi connectivity index (χ4n) is 3.53. The summed E-state index contributed by atoms with van der Waals surface area (Å²) in [7, 11) is 0. The Morgan fingerprint density at radius 3 is 2.67 bits per heavy atom. The van der Waals surface area contributed by atoms with Crippen molar-refractivity contribution in [1.29, 1.82) is 0 Å². The number of amides is 2. The standard InChI is InChI=1S/C18H24ClN3O2/c1-13-2-4-15(16(19)12-13)18(24)22-10-8-21(9-11-22)14-3-5-17(23)20-7-6-14/h2,4,12,14H,3,5-11H2,1H3,(H,20,23)/t14-/m0/s1. The van der Waals surface area contributed by atoms with Crippen LogP contribution in [0.25, 0.3) is 0 Å². The molecule has 6 heteroatoms. The van der Waals surface area contributed by atoms with Crippen molar-refractivity contribution in [3.05, 3.63) is 34.3 Å². The third-order valence-corrected chi connectivity index (χ3v) is 5.29. The Kier molecular flexibility index (Phi) is 5.41. The summed E-state index contributed by atoms with van der Waals surface area (Å²) >= 11 is 6.23. The lowest BCUT2D eigenvalue weighted by atomic mass is 10.1. The quantitative estimate of drug-likeness (QED) is 0.889. The lowest BCUT2D eigenvalue weighted by molar-refractivity contribution is -0.120. The second kappa shape index (κ2) is 7.53. The van der Waals surface area contributed by atoms with E-state index < -0.39 is 0 Å². The lowest BCUT2D eigenvalue weighted by Crippen LogP contribution is -2.52. The first-order valence-corrected chi connectivity index (χ1v) is 8.98. The summed E-state index contributed by atoms with van der Waals surface area (Å²) < 4.78 is 0. The Hall–Kier alpha value is -1.59. The number of hydrogen-bond donors (Lipinski definition) is 1. The maximum Gasteiger partial charge on any atom is 0.255 e. The molecule has 0 radical (unpaired) electrons. The van der Waals surface area contributed by atoms with Crippen molar-refractivity contribution in [3.63, 3.8) is 0 Å². The highest BCUT2D eigenvalue weighted by Gasteiger charge is 2.28. The van der Waals surface area contributed by atoms with Crippen LogP contribution in [0.1, 0.15) is 35.2 Å². The van der Waals surface area contributed by atoms with Gasteiger partial charge < -0.3 is 10.2 Å². The second-order valence-corrected chi connectivity index (χ2v) is 7.05. The van der Waals surface area contributed by atoms with Gasteiger partial charge >= 0.3 is 0 Å². The van der Waals surface area contributed by atoms with Gasteiger partial charge in [-0.1, -0.05) is 17.7 Å². The molecular weight excluding hydrogens is 326 g/mol. The van der Waals surface area contributed by atoms with E-state index in [4.69, 9.17) is 11.6 Å². The van der Waals surface area contributed by atoms with Gasteiger partial charge in [-0.15, -0.1) is 0 Å². The molecule has 0 spiro atoms. The molecule has 3 rings (SSSR count). The molecule has 0 bridgehead atoms. The highest BCUT2D eigenvalue weighted by molar-refractivity contribution is 6.33. The minimum absolute atomic E-state index is 0.0114. The van der Waals surface area contributed by atoms with Gasteiger partial charge in [0.25, 0.3) is 5.91 Å². The van der Waals surface area contributed by atoms with Gasteiger partial charge in [-0.25, -0.2) is 0 Å². The summed E-state index contributed by atoms with van der Waals surface area (Å²) in [5.41, 5.74) is 1.64. The Morgan fingerprint density at radius 1 is 1.21 bits per heavy atom. The molecule has 0 aliphatic carbocycles. The van der Waals surface area contributed by atoms with E-state index in [2.05, 4.69) is 10.2 Å². The number of halogens is 1. The molecule has 0 aromatic heterocycles. The second-order valence-electron chi connectivity index (χ2n) is 6.64. The maximum atomic E-state index is 12.7. The van der Waals surface area contributed by atoms with E-state index in [-0.39, 0.29) is 11.8 Å². The van der Waals surface area contributed by atoms with Crippen LogP contribution in [0, 0.1) is 6.92 Å². The minimum atomic E-state index is 0.0114. The number of benzene rings is 1. The molecule has 130 valence electrons. The largest absolute Gasteiger partial charge is 0.356 e. The maximum absolute atomic E-state index is 12.7. The number of piperazine rings is 1. The van der Waals surface area contributed by atoms with E-state index in [9.17, 15) is 9.59 Å². The van der Waals surface area contributed by atoms with Gasteiger partial charge in [0.1, 0.15) is 0 Å². The van der Waals surface area contributed by atoms with Gasteiger partial charge in [-0.2, -0.15) is 0 Å². The molecule has 1 aromatic rings. The smallest absolute Gasteiger partial charge is 0.255 e. The number of carbonyl (C=O) groups is 2. The summed E-state index contributed by atoms with van der Waals surface area (Å²) in [4.78, 5) is 28.5. The molecule has 1 aromatic carbocycles. The lowest BCUT2D eigenvalue weighted by Gasteiger charge is -2.39. The predicted octanol–water partition coefficient (Wildman–Crippen LogP) is 2.07. The van der Waals surface area contributed by atoms with E-state index in [0.29, 0.717) is 36.1 Å². The molecule has 0 unspecified atom stereocenters. The molecule has 2 fully saturated rings. The summed E-state index contributed by atoms with van der Waals surface area (Å²) in [5.74, 6) is 0.165. The fraction of sp³-hybridized carbons (Fsp3) is 0.556. The van der Waals surface area contributed by atoms with Crippen LogP contribution in [0.15, 0.2) is 18.2 Å². The number of aryl methyl sites for hydroxylation is 1. The Morgan fingerprint density at radius 2 is 1.96 bits per heavy atom. The Labute approximate surface area is 147 Å². The Bertz CT molecular complexity index is 627. The van der Waals surface area contributed by atoms with Crippen LogP contribution < -0.4 is 5.32 Å². The first kappa shape index (κ1) is 17.2. The van der Waals surface area contributed by atoms with E-state index in [1.54, 1.807) is 0 Å². The summed E-state index contributed by atoms with van der Waals surface area (Å²) in [6.07, 6.45) is 2.50. The third-order valence-electron chi connectivity index (χ3n) is 4.98.